The number of carbonyl (C=O) groups excluding carboxylic acids is 1. The molecule has 4 heteroatoms. The lowest BCUT2D eigenvalue weighted by atomic mass is 10.1. The third kappa shape index (κ3) is 6.34. The molecule has 0 aliphatic heterocycles. The number of rotatable bonds is 8. The Morgan fingerprint density at radius 2 is 1.50 bits per heavy atom. The molecule has 0 radical (unpaired) electrons. The zero-order valence-electron chi connectivity index (χ0n) is 14.4. The molecule has 1 unspecified atom stereocenters. The van der Waals surface area contributed by atoms with Gasteiger partial charge in [-0.25, -0.2) is 4.79 Å². The molecule has 0 saturated carbocycles. The summed E-state index contributed by atoms with van der Waals surface area (Å²) in [7, 11) is 0. The number of hydrogen-bond donors (Lipinski definition) is 0. The van der Waals surface area contributed by atoms with E-state index in [0.29, 0.717) is 5.56 Å². The molecule has 0 heterocycles. The first kappa shape index (κ1) is 20.2. The summed E-state index contributed by atoms with van der Waals surface area (Å²) >= 11 is 0. The van der Waals surface area contributed by atoms with E-state index in [1.165, 1.54) is 5.56 Å². The molecule has 1 atom stereocenters. The summed E-state index contributed by atoms with van der Waals surface area (Å²) in [6.45, 7) is 6.90. The van der Waals surface area contributed by atoms with Crippen molar-refractivity contribution in [3.63, 3.8) is 0 Å². The molecular weight excluding hydrogens is 322 g/mol. The summed E-state index contributed by atoms with van der Waals surface area (Å²) in [6, 6.07) is 19.4. The van der Waals surface area contributed by atoms with Crippen LogP contribution in [0.15, 0.2) is 60.7 Å². The highest BCUT2D eigenvalue weighted by atomic mass is 35.5. The van der Waals surface area contributed by atoms with E-state index in [4.69, 9.17) is 4.74 Å². The molecule has 0 aliphatic rings. The Bertz CT molecular complexity index is 585. The van der Waals surface area contributed by atoms with E-state index < -0.39 is 0 Å². The van der Waals surface area contributed by atoms with Crippen LogP contribution in [0.4, 0.5) is 0 Å². The molecule has 0 N–H and O–H groups in total. The van der Waals surface area contributed by atoms with Crippen molar-refractivity contribution in [1.82, 2.24) is 4.90 Å². The van der Waals surface area contributed by atoms with Crippen LogP contribution in [0, 0.1) is 0 Å². The molecule has 0 aliphatic carbocycles. The number of likely N-dealkylation sites (N-methyl/N-ethyl adjacent to an activating group) is 1. The summed E-state index contributed by atoms with van der Waals surface area (Å²) in [4.78, 5) is 14.6. The van der Waals surface area contributed by atoms with Gasteiger partial charge in [0, 0.05) is 13.0 Å². The van der Waals surface area contributed by atoms with Gasteiger partial charge in [0.2, 0.25) is 0 Å². The number of nitrogens with zero attached hydrogens (tertiary/aromatic N) is 1. The van der Waals surface area contributed by atoms with Crippen molar-refractivity contribution in [3.8, 4) is 0 Å². The minimum absolute atomic E-state index is 0. The van der Waals surface area contributed by atoms with Crippen LogP contribution in [0.25, 0.3) is 0 Å². The van der Waals surface area contributed by atoms with Gasteiger partial charge in [0.1, 0.15) is 6.10 Å². The van der Waals surface area contributed by atoms with E-state index in [1.807, 2.05) is 36.4 Å². The van der Waals surface area contributed by atoms with Gasteiger partial charge in [-0.05, 0) is 30.8 Å². The van der Waals surface area contributed by atoms with Crippen LogP contribution in [0.2, 0.25) is 0 Å². The molecule has 2 rings (SSSR count). The van der Waals surface area contributed by atoms with Crippen molar-refractivity contribution >= 4 is 18.4 Å². The average Bonchev–Trinajstić information content (AvgIpc) is 2.61. The van der Waals surface area contributed by atoms with Gasteiger partial charge in [-0.15, -0.1) is 12.4 Å². The second-order valence-electron chi connectivity index (χ2n) is 5.57. The molecule has 0 spiro atoms. The van der Waals surface area contributed by atoms with Crippen molar-refractivity contribution in [2.45, 2.75) is 26.4 Å². The average molecular weight is 348 g/mol. The van der Waals surface area contributed by atoms with Crippen molar-refractivity contribution in [2.24, 2.45) is 0 Å². The first-order chi connectivity index (χ1) is 11.2. The predicted octanol–water partition coefficient (Wildman–Crippen LogP) is 4.22. The fraction of sp³-hybridized carbons (Fsp3) is 0.350. The smallest absolute Gasteiger partial charge is 0.338 e. The highest BCUT2D eigenvalue weighted by molar-refractivity contribution is 5.89. The minimum atomic E-state index is -0.251. The van der Waals surface area contributed by atoms with E-state index in [-0.39, 0.29) is 24.5 Å². The van der Waals surface area contributed by atoms with Gasteiger partial charge in [0.15, 0.2) is 0 Å². The van der Waals surface area contributed by atoms with E-state index in [2.05, 4.69) is 30.9 Å². The molecule has 3 nitrogen and oxygen atoms in total. The van der Waals surface area contributed by atoms with E-state index in [0.717, 1.165) is 26.1 Å². The lowest BCUT2D eigenvalue weighted by Gasteiger charge is -2.25. The molecule has 130 valence electrons. The lowest BCUT2D eigenvalue weighted by Crippen LogP contribution is -2.36. The Hall–Kier alpha value is -1.84. The fourth-order valence-corrected chi connectivity index (χ4v) is 2.58. The molecule has 0 saturated heterocycles. The number of halogens is 1. The summed E-state index contributed by atoms with van der Waals surface area (Å²) in [5, 5.41) is 0. The van der Waals surface area contributed by atoms with Crippen molar-refractivity contribution in [1.29, 1.82) is 0 Å². The summed E-state index contributed by atoms with van der Waals surface area (Å²) in [5.41, 5.74) is 1.79. The summed E-state index contributed by atoms with van der Waals surface area (Å²) < 4.78 is 5.79. The second-order valence-corrected chi connectivity index (χ2v) is 5.57. The van der Waals surface area contributed by atoms with Gasteiger partial charge >= 0.3 is 5.97 Å². The van der Waals surface area contributed by atoms with Crippen molar-refractivity contribution in [2.75, 3.05) is 19.6 Å². The van der Waals surface area contributed by atoms with Gasteiger partial charge in [-0.1, -0.05) is 62.4 Å². The number of hydrogen-bond acceptors (Lipinski definition) is 3. The third-order valence-electron chi connectivity index (χ3n) is 3.95. The van der Waals surface area contributed by atoms with Gasteiger partial charge in [-0.2, -0.15) is 0 Å². The molecule has 24 heavy (non-hydrogen) atoms. The number of esters is 1. The van der Waals surface area contributed by atoms with Crippen molar-refractivity contribution < 1.29 is 9.53 Å². The first-order valence-corrected chi connectivity index (χ1v) is 8.25. The van der Waals surface area contributed by atoms with Crippen LogP contribution in [0.5, 0.6) is 0 Å². The van der Waals surface area contributed by atoms with Crippen LogP contribution in [0.3, 0.4) is 0 Å². The van der Waals surface area contributed by atoms with Crippen LogP contribution < -0.4 is 0 Å². The zero-order valence-corrected chi connectivity index (χ0v) is 15.2. The fourth-order valence-electron chi connectivity index (χ4n) is 2.58. The third-order valence-corrected chi connectivity index (χ3v) is 3.95. The molecular formula is C20H26ClNO2. The predicted molar refractivity (Wildman–Crippen MR) is 101 cm³/mol. The van der Waals surface area contributed by atoms with Gasteiger partial charge in [0.05, 0.1) is 5.56 Å². The minimum Gasteiger partial charge on any atom is -0.457 e. The molecule has 0 aromatic heterocycles. The maximum Gasteiger partial charge on any atom is 0.338 e. The maximum absolute atomic E-state index is 12.4. The molecule has 2 aromatic carbocycles. The van der Waals surface area contributed by atoms with Gasteiger partial charge in [-0.3, -0.25) is 0 Å². The normalized spacial score (nSPS) is 11.6. The Morgan fingerprint density at radius 1 is 0.958 bits per heavy atom. The van der Waals surface area contributed by atoms with E-state index in [1.54, 1.807) is 12.1 Å². The lowest BCUT2D eigenvalue weighted by molar-refractivity contribution is 0.0212. The molecule has 0 amide bonds. The maximum atomic E-state index is 12.4. The van der Waals surface area contributed by atoms with Crippen LogP contribution >= 0.6 is 12.4 Å². The van der Waals surface area contributed by atoms with Gasteiger partial charge < -0.3 is 9.64 Å². The van der Waals surface area contributed by atoms with E-state index >= 15 is 0 Å². The Balaban J connectivity index is 0.00000288. The monoisotopic (exact) mass is 347 g/mol. The zero-order chi connectivity index (χ0) is 16.5. The highest BCUT2D eigenvalue weighted by Crippen LogP contribution is 2.11. The Labute approximate surface area is 151 Å². The van der Waals surface area contributed by atoms with Crippen LogP contribution in [-0.4, -0.2) is 36.6 Å². The molecule has 0 fully saturated rings. The summed E-state index contributed by atoms with van der Waals surface area (Å²) in [5.74, 6) is -0.251. The molecule has 2 aromatic rings. The van der Waals surface area contributed by atoms with Crippen molar-refractivity contribution in [3.05, 3.63) is 71.8 Å². The SMILES string of the molecule is CCN(CC)CC(Cc1ccccc1)OC(=O)c1ccccc1.Cl. The number of benzene rings is 2. The molecule has 0 bridgehead atoms. The number of carbonyl (C=O) groups is 1. The standard InChI is InChI=1S/C20H25NO2.ClH/c1-3-21(4-2)16-19(15-17-11-7-5-8-12-17)23-20(22)18-13-9-6-10-14-18;/h5-14,19H,3-4,15-16H2,1-2H3;1H. The highest BCUT2D eigenvalue weighted by Gasteiger charge is 2.18. The first-order valence-electron chi connectivity index (χ1n) is 8.25. The second kappa shape index (κ2) is 10.8. The summed E-state index contributed by atoms with van der Waals surface area (Å²) in [6.07, 6.45) is 0.584. The van der Waals surface area contributed by atoms with Crippen LogP contribution in [0.1, 0.15) is 29.8 Å². The topological polar surface area (TPSA) is 29.5 Å². The van der Waals surface area contributed by atoms with E-state index in [9.17, 15) is 4.79 Å². The Morgan fingerprint density at radius 3 is 2.04 bits per heavy atom. The largest absolute Gasteiger partial charge is 0.457 e. The quantitative estimate of drug-likeness (QED) is 0.670. The van der Waals surface area contributed by atoms with Gasteiger partial charge in [0.25, 0.3) is 0 Å². The number of ether oxygens (including phenoxy) is 1. The van der Waals surface area contributed by atoms with Crippen LogP contribution in [-0.2, 0) is 11.2 Å². The Kier molecular flexibility index (Phi) is 9.13.